The Bertz CT molecular complexity index is 1070. The average molecular weight is 488 g/mol. The number of carbonyl (C=O) groups excluding carboxylic acids is 1. The smallest absolute Gasteiger partial charge is 0.242 e. The fourth-order valence-corrected chi connectivity index (χ4v) is 4.76. The van der Waals surface area contributed by atoms with Crippen molar-refractivity contribution in [3.8, 4) is 11.5 Å². The lowest BCUT2D eigenvalue weighted by atomic mass is 10.0. The molecule has 11 heteroatoms. The van der Waals surface area contributed by atoms with Crippen LogP contribution in [0.4, 0.5) is 11.4 Å². The summed E-state index contributed by atoms with van der Waals surface area (Å²) in [5, 5.41) is 2.98. The molecular formula is C20H23Cl2N3O5S. The lowest BCUT2D eigenvalue weighted by molar-refractivity contribution is -0.118. The highest BCUT2D eigenvalue weighted by Gasteiger charge is 2.29. The Balaban J connectivity index is 1.82. The molecule has 0 aromatic heterocycles. The van der Waals surface area contributed by atoms with Gasteiger partial charge >= 0.3 is 0 Å². The number of hydrogen-bond acceptors (Lipinski definition) is 6. The van der Waals surface area contributed by atoms with Gasteiger partial charge < -0.3 is 20.5 Å². The van der Waals surface area contributed by atoms with Gasteiger partial charge in [0.2, 0.25) is 15.9 Å². The lowest BCUT2D eigenvalue weighted by Crippen LogP contribution is -2.47. The second kappa shape index (κ2) is 9.52. The summed E-state index contributed by atoms with van der Waals surface area (Å²) in [6.07, 6.45) is 0.698. The minimum Gasteiger partial charge on any atom is -0.490 e. The van der Waals surface area contributed by atoms with Gasteiger partial charge in [-0.15, -0.1) is 0 Å². The van der Waals surface area contributed by atoms with E-state index in [1.807, 2.05) is 0 Å². The van der Waals surface area contributed by atoms with Crippen LogP contribution in [0.1, 0.15) is 20.3 Å². The predicted octanol–water partition coefficient (Wildman–Crippen LogP) is 3.68. The molecule has 3 rings (SSSR count). The fraction of sp³-hybridized carbons (Fsp3) is 0.350. The van der Waals surface area contributed by atoms with Gasteiger partial charge in [-0.05, 0) is 30.2 Å². The molecule has 1 heterocycles. The van der Waals surface area contributed by atoms with Gasteiger partial charge in [0.25, 0.3) is 0 Å². The number of nitrogen functional groups attached to an aromatic ring is 1. The van der Waals surface area contributed by atoms with Crippen LogP contribution < -0.4 is 25.2 Å². The van der Waals surface area contributed by atoms with E-state index in [1.165, 1.54) is 30.3 Å². The Morgan fingerprint density at radius 1 is 1.06 bits per heavy atom. The van der Waals surface area contributed by atoms with E-state index in [0.29, 0.717) is 36.8 Å². The maximum atomic E-state index is 13.0. The van der Waals surface area contributed by atoms with Gasteiger partial charge in [-0.2, -0.15) is 4.72 Å². The molecular weight excluding hydrogens is 465 g/mol. The first-order chi connectivity index (χ1) is 14.6. The molecule has 1 aliphatic heterocycles. The number of amides is 1. The minimum absolute atomic E-state index is 0.0335. The SMILES string of the molecule is CC(C)[C@H](NS(=O)(=O)c1ccc2c(c1)OCCCO2)C(=O)Nc1cc(Cl)c(N)c(Cl)c1. The second-order valence-corrected chi connectivity index (χ2v) is 9.87. The largest absolute Gasteiger partial charge is 0.490 e. The van der Waals surface area contributed by atoms with E-state index in [-0.39, 0.29) is 26.5 Å². The van der Waals surface area contributed by atoms with Crippen LogP contribution in [0.25, 0.3) is 0 Å². The number of ether oxygens (including phenoxy) is 2. The number of benzene rings is 2. The Morgan fingerprint density at radius 2 is 1.68 bits per heavy atom. The minimum atomic E-state index is -4.03. The summed E-state index contributed by atoms with van der Waals surface area (Å²) >= 11 is 12.0. The van der Waals surface area contributed by atoms with Gasteiger partial charge in [-0.1, -0.05) is 37.0 Å². The number of halogens is 2. The van der Waals surface area contributed by atoms with Crippen molar-refractivity contribution in [1.82, 2.24) is 4.72 Å². The van der Waals surface area contributed by atoms with Crippen molar-refractivity contribution in [1.29, 1.82) is 0 Å². The van der Waals surface area contributed by atoms with Crippen molar-refractivity contribution in [2.45, 2.75) is 31.2 Å². The maximum Gasteiger partial charge on any atom is 0.242 e. The third-order valence-corrected chi connectivity index (χ3v) is 6.67. The Hall–Kier alpha value is -2.20. The fourth-order valence-electron chi connectivity index (χ4n) is 2.91. The van der Waals surface area contributed by atoms with Crippen molar-refractivity contribution >= 4 is 50.5 Å². The molecule has 0 radical (unpaired) electrons. The Kier molecular flexibility index (Phi) is 7.20. The number of sulfonamides is 1. The van der Waals surface area contributed by atoms with Crippen LogP contribution in [-0.4, -0.2) is 33.6 Å². The summed E-state index contributed by atoms with van der Waals surface area (Å²) in [5.74, 6) is -0.0940. The zero-order valence-corrected chi connectivity index (χ0v) is 19.3. The van der Waals surface area contributed by atoms with E-state index < -0.39 is 22.0 Å². The lowest BCUT2D eigenvalue weighted by Gasteiger charge is -2.22. The van der Waals surface area contributed by atoms with Crippen molar-refractivity contribution in [3.63, 3.8) is 0 Å². The summed E-state index contributed by atoms with van der Waals surface area (Å²) < 4.78 is 39.5. The van der Waals surface area contributed by atoms with Crippen LogP contribution in [0.3, 0.4) is 0 Å². The van der Waals surface area contributed by atoms with E-state index in [1.54, 1.807) is 13.8 Å². The molecule has 1 amide bonds. The quantitative estimate of drug-likeness (QED) is 0.534. The van der Waals surface area contributed by atoms with Crippen LogP contribution in [0.2, 0.25) is 10.0 Å². The van der Waals surface area contributed by atoms with E-state index in [4.69, 9.17) is 38.4 Å². The molecule has 1 aliphatic rings. The van der Waals surface area contributed by atoms with Crippen molar-refractivity contribution in [3.05, 3.63) is 40.4 Å². The Morgan fingerprint density at radius 3 is 2.29 bits per heavy atom. The maximum absolute atomic E-state index is 13.0. The summed E-state index contributed by atoms with van der Waals surface area (Å²) in [4.78, 5) is 12.8. The molecule has 4 N–H and O–H groups in total. The standard InChI is InChI=1S/C20H23Cl2N3O5S/c1-11(2)19(20(26)24-12-8-14(21)18(23)15(22)9-12)25-31(27,28)13-4-5-16-17(10-13)30-7-3-6-29-16/h4-5,8-11,19,25H,3,6-7,23H2,1-2H3,(H,24,26)/t19-/m0/s1. The van der Waals surface area contributed by atoms with E-state index in [2.05, 4.69) is 10.0 Å². The van der Waals surface area contributed by atoms with Gasteiger partial charge in [0.15, 0.2) is 11.5 Å². The first kappa shape index (κ1) is 23.5. The van der Waals surface area contributed by atoms with E-state index >= 15 is 0 Å². The molecule has 0 bridgehead atoms. The molecule has 0 unspecified atom stereocenters. The van der Waals surface area contributed by atoms with Crippen LogP contribution in [0.5, 0.6) is 11.5 Å². The summed E-state index contributed by atoms with van der Waals surface area (Å²) in [7, 11) is -4.03. The highest BCUT2D eigenvalue weighted by molar-refractivity contribution is 7.89. The Labute approximate surface area is 191 Å². The zero-order valence-electron chi connectivity index (χ0n) is 16.9. The number of fused-ring (bicyclic) bond motifs is 1. The van der Waals surface area contributed by atoms with Crippen LogP contribution in [0.15, 0.2) is 35.2 Å². The summed E-state index contributed by atoms with van der Waals surface area (Å²) in [5.41, 5.74) is 6.20. The third kappa shape index (κ3) is 5.54. The zero-order chi connectivity index (χ0) is 22.8. The number of rotatable bonds is 6. The molecule has 31 heavy (non-hydrogen) atoms. The van der Waals surface area contributed by atoms with Crippen molar-refractivity contribution in [2.75, 3.05) is 24.3 Å². The molecule has 2 aromatic rings. The molecule has 8 nitrogen and oxygen atoms in total. The number of nitrogens with one attached hydrogen (secondary N) is 2. The van der Waals surface area contributed by atoms with Gasteiger partial charge in [-0.3, -0.25) is 4.79 Å². The predicted molar refractivity (Wildman–Crippen MR) is 121 cm³/mol. The number of carbonyl (C=O) groups is 1. The average Bonchev–Trinajstić information content (AvgIpc) is 2.94. The van der Waals surface area contributed by atoms with Crippen LogP contribution >= 0.6 is 23.2 Å². The number of hydrogen-bond donors (Lipinski definition) is 3. The van der Waals surface area contributed by atoms with Crippen LogP contribution in [0, 0.1) is 5.92 Å². The van der Waals surface area contributed by atoms with Gasteiger partial charge in [0, 0.05) is 18.2 Å². The number of anilines is 2. The van der Waals surface area contributed by atoms with Crippen molar-refractivity contribution < 1.29 is 22.7 Å². The highest BCUT2D eigenvalue weighted by Crippen LogP contribution is 2.33. The highest BCUT2D eigenvalue weighted by atomic mass is 35.5. The molecule has 1 atom stereocenters. The second-order valence-electron chi connectivity index (χ2n) is 7.34. The monoisotopic (exact) mass is 487 g/mol. The summed E-state index contributed by atoms with van der Waals surface area (Å²) in [6.45, 7) is 4.37. The molecule has 0 spiro atoms. The number of nitrogens with two attached hydrogens (primary N) is 1. The molecule has 0 saturated carbocycles. The molecule has 168 valence electrons. The topological polar surface area (TPSA) is 120 Å². The molecule has 0 fully saturated rings. The summed E-state index contributed by atoms with van der Waals surface area (Å²) in [6, 6.07) is 6.16. The van der Waals surface area contributed by atoms with Gasteiger partial charge in [-0.25, -0.2) is 8.42 Å². The first-order valence-corrected chi connectivity index (χ1v) is 11.8. The third-order valence-electron chi connectivity index (χ3n) is 4.61. The first-order valence-electron chi connectivity index (χ1n) is 9.56. The normalized spacial score (nSPS) is 14.7. The van der Waals surface area contributed by atoms with Crippen LogP contribution in [-0.2, 0) is 14.8 Å². The molecule has 2 aromatic carbocycles. The van der Waals surface area contributed by atoms with E-state index in [9.17, 15) is 13.2 Å². The van der Waals surface area contributed by atoms with Crippen molar-refractivity contribution in [2.24, 2.45) is 5.92 Å². The molecule has 0 saturated heterocycles. The molecule has 0 aliphatic carbocycles. The van der Waals surface area contributed by atoms with Gasteiger partial charge in [0.05, 0.1) is 33.8 Å². The van der Waals surface area contributed by atoms with E-state index in [0.717, 1.165) is 0 Å². The van der Waals surface area contributed by atoms with Gasteiger partial charge in [0.1, 0.15) is 6.04 Å².